The molecule has 0 heterocycles. The van der Waals surface area contributed by atoms with Crippen molar-refractivity contribution in [1.82, 2.24) is 0 Å². The van der Waals surface area contributed by atoms with Gasteiger partial charge in [-0.05, 0) is 50.4 Å². The van der Waals surface area contributed by atoms with E-state index in [1.54, 1.807) is 0 Å². The van der Waals surface area contributed by atoms with E-state index in [4.69, 9.17) is 19.1 Å². The fourth-order valence-electron chi connectivity index (χ4n) is 2.90. The van der Waals surface area contributed by atoms with Gasteiger partial charge in [0.15, 0.2) is 0 Å². The van der Waals surface area contributed by atoms with Gasteiger partial charge in [-0.25, -0.2) is 0 Å². The molecule has 0 nitrogen and oxygen atoms in total. The van der Waals surface area contributed by atoms with Crippen LogP contribution in [0.2, 0.25) is 0 Å². The van der Waals surface area contributed by atoms with Crippen molar-refractivity contribution in [3.63, 3.8) is 0 Å². The molecule has 4 aromatic rings. The summed E-state index contributed by atoms with van der Waals surface area (Å²) in [4.78, 5) is 0. The molecule has 0 spiro atoms. The molecule has 0 aliphatic carbocycles. The quantitative estimate of drug-likeness (QED) is 0.183. The van der Waals surface area contributed by atoms with Gasteiger partial charge in [-0.15, -0.1) is 0 Å². The van der Waals surface area contributed by atoms with Gasteiger partial charge in [0.25, 0.3) is 0 Å². The summed E-state index contributed by atoms with van der Waals surface area (Å²) in [5.74, 6) is 0. The zero-order valence-electron chi connectivity index (χ0n) is 17.5. The molecule has 164 valence electrons. The number of rotatable bonds is 4. The molecule has 4 aromatic carbocycles. The second-order valence-corrected chi connectivity index (χ2v) is 13.2. The standard InChI is InChI=1S/2C13H13P.2ClH.Pd/c2*1-14(12-8-4-2-5-9-12)13-10-6-3-7-11-13;;;/h2*2-11H,1H3;2*1H;/q;;;;+2/p-2. The Hall–Kier alpha value is -1.02. The zero-order chi connectivity index (χ0) is 22.3. The summed E-state index contributed by atoms with van der Waals surface area (Å²) in [5, 5.41) is 5.75. The fraction of sp³-hybridized carbons (Fsp3) is 0.0769. The van der Waals surface area contributed by atoms with Gasteiger partial charge in [0.05, 0.1) is 0 Å². The minimum absolute atomic E-state index is 0.106. The predicted octanol–water partition coefficient (Wildman–Crippen LogP) is 6.87. The third-order valence-corrected chi connectivity index (χ3v) is 8.86. The van der Waals surface area contributed by atoms with Crippen molar-refractivity contribution in [3.05, 3.63) is 121 Å². The molecule has 0 aliphatic rings. The molecule has 0 fully saturated rings. The zero-order valence-corrected chi connectivity index (χ0v) is 22.4. The Labute approximate surface area is 205 Å². The third kappa shape index (κ3) is 9.56. The third-order valence-electron chi connectivity index (χ3n) is 4.57. The summed E-state index contributed by atoms with van der Waals surface area (Å²) < 4.78 is 0. The van der Waals surface area contributed by atoms with E-state index in [0.717, 1.165) is 0 Å². The number of hydrogen-bond donors (Lipinski definition) is 0. The summed E-state index contributed by atoms with van der Waals surface area (Å²) in [7, 11) is 9.29. The van der Waals surface area contributed by atoms with Crippen LogP contribution < -0.4 is 21.2 Å². The average molecular weight is 578 g/mol. The van der Waals surface area contributed by atoms with E-state index in [-0.39, 0.29) is 31.8 Å². The summed E-state index contributed by atoms with van der Waals surface area (Å²) in [6, 6.07) is 42.8. The van der Waals surface area contributed by atoms with E-state index < -0.39 is 0 Å². The topological polar surface area (TPSA) is 0 Å². The van der Waals surface area contributed by atoms with E-state index in [1.807, 2.05) is 0 Å². The van der Waals surface area contributed by atoms with Crippen molar-refractivity contribution < 1.29 is 15.9 Å². The van der Waals surface area contributed by atoms with Crippen molar-refractivity contribution in [2.45, 2.75) is 0 Å². The average Bonchev–Trinajstić information content (AvgIpc) is 2.86. The van der Waals surface area contributed by atoms with Gasteiger partial charge < -0.3 is 0 Å². The van der Waals surface area contributed by atoms with E-state index in [1.165, 1.54) is 21.2 Å². The molecule has 4 rings (SSSR count). The molecule has 5 heteroatoms. The van der Waals surface area contributed by atoms with Crippen LogP contribution in [0.4, 0.5) is 0 Å². The van der Waals surface area contributed by atoms with Gasteiger partial charge in [0, 0.05) is 0 Å². The molecular weight excluding hydrogens is 552 g/mol. The van der Waals surface area contributed by atoms with Crippen molar-refractivity contribution in [1.29, 1.82) is 0 Å². The van der Waals surface area contributed by atoms with E-state index in [0.29, 0.717) is 0 Å². The Balaban J connectivity index is 0.000000196. The second-order valence-electron chi connectivity index (χ2n) is 6.51. The van der Waals surface area contributed by atoms with Crippen LogP contribution in [-0.2, 0) is 15.9 Å². The van der Waals surface area contributed by atoms with Crippen LogP contribution >= 0.6 is 34.9 Å². The van der Waals surface area contributed by atoms with Gasteiger partial charge in [0.1, 0.15) is 0 Å². The van der Waals surface area contributed by atoms with Gasteiger partial charge in [-0.2, -0.15) is 0 Å². The summed E-state index contributed by atoms with van der Waals surface area (Å²) >= 11 is -0.106. The minimum atomic E-state index is -0.171. The van der Waals surface area contributed by atoms with Crippen LogP contribution in [0.15, 0.2) is 121 Å². The molecule has 0 saturated heterocycles. The van der Waals surface area contributed by atoms with Crippen molar-refractivity contribution in [2.75, 3.05) is 13.3 Å². The summed E-state index contributed by atoms with van der Waals surface area (Å²) in [6.07, 6.45) is 0. The molecule has 0 radical (unpaired) electrons. The van der Waals surface area contributed by atoms with Crippen LogP contribution in [0.1, 0.15) is 0 Å². The Morgan fingerprint density at radius 1 is 0.419 bits per heavy atom. The molecule has 0 bridgehead atoms. The number of benzene rings is 4. The summed E-state index contributed by atoms with van der Waals surface area (Å²) in [5.41, 5.74) is 0. The first kappa shape index (κ1) is 26.2. The Morgan fingerprint density at radius 2 is 0.581 bits per heavy atom. The van der Waals surface area contributed by atoms with E-state index >= 15 is 0 Å². The molecule has 0 aromatic heterocycles. The molecule has 0 aliphatic heterocycles. The van der Waals surface area contributed by atoms with Gasteiger partial charge >= 0.3 is 35.0 Å². The van der Waals surface area contributed by atoms with Gasteiger partial charge in [0.2, 0.25) is 0 Å². The Morgan fingerprint density at radius 3 is 0.742 bits per heavy atom. The van der Waals surface area contributed by atoms with Crippen LogP contribution in [0.3, 0.4) is 0 Å². The van der Waals surface area contributed by atoms with Crippen LogP contribution in [0.5, 0.6) is 0 Å². The summed E-state index contributed by atoms with van der Waals surface area (Å²) in [6.45, 7) is 4.61. The molecular formula is C26H26Cl2P2Pd. The Kier molecular flexibility index (Phi) is 13.3. The molecule has 0 amide bonds. The first-order valence-corrected chi connectivity index (χ1v) is 17.3. The fourth-order valence-corrected chi connectivity index (χ4v) is 5.98. The van der Waals surface area contributed by atoms with Gasteiger partial charge in [-0.3, -0.25) is 0 Å². The first-order chi connectivity index (χ1) is 15.2. The van der Waals surface area contributed by atoms with E-state index in [9.17, 15) is 0 Å². The van der Waals surface area contributed by atoms with E-state index in [2.05, 4.69) is 135 Å². The maximum absolute atomic E-state index is 4.81. The van der Waals surface area contributed by atoms with Gasteiger partial charge in [-0.1, -0.05) is 121 Å². The predicted molar refractivity (Wildman–Crippen MR) is 142 cm³/mol. The second kappa shape index (κ2) is 15.7. The molecule has 0 unspecified atom stereocenters. The normalized spacial score (nSPS) is 10.1. The SMILES string of the molecule is CP(c1ccccc1)c1ccccc1.CP(c1ccccc1)c1ccccc1.[Cl][Pd][Cl]. The molecule has 0 N–H and O–H groups in total. The molecule has 31 heavy (non-hydrogen) atoms. The Bertz CT molecular complexity index is 796. The van der Waals surface area contributed by atoms with Crippen LogP contribution in [0, 0.1) is 0 Å². The first-order valence-electron chi connectivity index (χ1n) is 9.67. The van der Waals surface area contributed by atoms with Crippen LogP contribution in [-0.4, -0.2) is 13.3 Å². The number of hydrogen-bond acceptors (Lipinski definition) is 0. The monoisotopic (exact) mass is 576 g/mol. The van der Waals surface area contributed by atoms with Crippen molar-refractivity contribution >= 4 is 56.1 Å². The van der Waals surface area contributed by atoms with Crippen LogP contribution in [0.25, 0.3) is 0 Å². The molecule has 0 saturated carbocycles. The van der Waals surface area contributed by atoms with Crippen molar-refractivity contribution in [2.24, 2.45) is 0 Å². The maximum atomic E-state index is 4.81. The molecule has 0 atom stereocenters. The number of halogens is 2. The van der Waals surface area contributed by atoms with Crippen molar-refractivity contribution in [3.8, 4) is 0 Å².